The Morgan fingerprint density at radius 1 is 0.933 bits per heavy atom. The second kappa shape index (κ2) is 15.4. The van der Waals surface area contributed by atoms with Gasteiger partial charge in [-0.3, -0.25) is 9.59 Å². The van der Waals surface area contributed by atoms with E-state index in [-0.39, 0.29) is 17.7 Å². The average Bonchev–Trinajstić information content (AvgIpc) is 2.74. The molecule has 8 heteroatoms. The first-order valence-corrected chi connectivity index (χ1v) is 10.9. The van der Waals surface area contributed by atoms with Crippen LogP contribution in [-0.2, 0) is 4.79 Å². The summed E-state index contributed by atoms with van der Waals surface area (Å²) in [6, 6.07) is 6.06. The highest BCUT2D eigenvalue weighted by molar-refractivity contribution is 5.95. The zero-order valence-electron chi connectivity index (χ0n) is 18.0. The molecule has 0 aliphatic rings. The van der Waals surface area contributed by atoms with Crippen LogP contribution in [-0.4, -0.2) is 43.4 Å². The van der Waals surface area contributed by atoms with Crippen molar-refractivity contribution in [3.63, 3.8) is 0 Å². The van der Waals surface area contributed by atoms with E-state index in [4.69, 9.17) is 11.5 Å². The van der Waals surface area contributed by atoms with Gasteiger partial charge >= 0.3 is 6.03 Å². The molecule has 8 nitrogen and oxygen atoms in total. The molecular weight excluding hydrogens is 382 g/mol. The Balaban J connectivity index is 2.24. The molecule has 7 N–H and O–H groups in total. The lowest BCUT2D eigenvalue weighted by atomic mass is 10.0. The summed E-state index contributed by atoms with van der Waals surface area (Å²) in [7, 11) is 0. The van der Waals surface area contributed by atoms with Gasteiger partial charge in [-0.1, -0.05) is 19.8 Å². The summed E-state index contributed by atoms with van der Waals surface area (Å²) >= 11 is 0. The largest absolute Gasteiger partial charge is 0.352 e. The molecule has 0 unspecified atom stereocenters. The van der Waals surface area contributed by atoms with Gasteiger partial charge < -0.3 is 27.4 Å². The van der Waals surface area contributed by atoms with E-state index in [1.165, 1.54) is 0 Å². The average molecular weight is 420 g/mol. The van der Waals surface area contributed by atoms with Gasteiger partial charge in [0, 0.05) is 30.8 Å². The van der Waals surface area contributed by atoms with E-state index in [1.54, 1.807) is 24.3 Å². The van der Waals surface area contributed by atoms with Crippen molar-refractivity contribution in [2.45, 2.75) is 64.3 Å². The number of carbonyl (C=O) groups excluding carboxylic acids is 3. The van der Waals surface area contributed by atoms with Crippen LogP contribution in [0.25, 0.3) is 0 Å². The summed E-state index contributed by atoms with van der Waals surface area (Å²) in [5.74, 6) is -0.112. The molecule has 0 bridgehead atoms. The number of carbonyl (C=O) groups is 3. The van der Waals surface area contributed by atoms with Crippen molar-refractivity contribution in [2.24, 2.45) is 11.5 Å². The minimum absolute atomic E-state index is 0.0696. The van der Waals surface area contributed by atoms with Gasteiger partial charge in [-0.25, -0.2) is 4.79 Å². The minimum atomic E-state index is -0.410. The number of anilines is 1. The van der Waals surface area contributed by atoms with Crippen LogP contribution in [0.1, 0.15) is 68.6 Å². The number of ketones is 1. The zero-order valence-corrected chi connectivity index (χ0v) is 18.0. The fourth-order valence-corrected chi connectivity index (χ4v) is 2.84. The lowest BCUT2D eigenvalue weighted by Crippen LogP contribution is -2.30. The first kappa shape index (κ1) is 25.6. The molecule has 1 rings (SSSR count). The van der Waals surface area contributed by atoms with Crippen LogP contribution >= 0.6 is 0 Å². The lowest BCUT2D eigenvalue weighted by Gasteiger charge is -2.10. The summed E-state index contributed by atoms with van der Waals surface area (Å²) < 4.78 is 0. The molecule has 0 heterocycles. The van der Waals surface area contributed by atoms with Crippen molar-refractivity contribution >= 4 is 23.4 Å². The standard InChI is InChI=1S/C22H37N5O3/c1-2-3-15-26-22(30)27-18-12-10-17(11-13-18)21(29)25-16-7-5-9-20(28)19(24)8-4-6-14-23/h10-13,19H,2-9,14-16,23-24H2,1H3,(H,25,29)(H2,26,27,30)/t19-/m0/s1. The SMILES string of the molecule is CCCCNC(=O)Nc1ccc(C(=O)NCCCCC(=O)[C@@H](N)CCCCN)cc1. The maximum Gasteiger partial charge on any atom is 0.319 e. The number of nitrogens with two attached hydrogens (primary N) is 2. The van der Waals surface area contributed by atoms with E-state index in [2.05, 4.69) is 22.9 Å². The molecule has 0 saturated heterocycles. The third kappa shape index (κ3) is 10.9. The van der Waals surface area contributed by atoms with Gasteiger partial charge in [0.25, 0.3) is 5.91 Å². The topological polar surface area (TPSA) is 139 Å². The number of benzene rings is 1. The van der Waals surface area contributed by atoms with Gasteiger partial charge in [0.1, 0.15) is 5.78 Å². The number of hydrogen-bond acceptors (Lipinski definition) is 5. The highest BCUT2D eigenvalue weighted by atomic mass is 16.2. The summed E-state index contributed by atoms with van der Waals surface area (Å²) in [4.78, 5) is 35.9. The van der Waals surface area contributed by atoms with Crippen LogP contribution in [0.5, 0.6) is 0 Å². The molecule has 1 atom stereocenters. The molecule has 1 aromatic carbocycles. The number of rotatable bonds is 15. The second-order valence-electron chi connectivity index (χ2n) is 7.38. The highest BCUT2D eigenvalue weighted by Crippen LogP contribution is 2.10. The predicted octanol–water partition coefficient (Wildman–Crippen LogP) is 2.53. The summed E-state index contributed by atoms with van der Waals surface area (Å²) in [6.45, 7) is 3.81. The Kier molecular flexibility index (Phi) is 13.1. The molecule has 0 aliphatic carbocycles. The molecule has 0 fully saturated rings. The van der Waals surface area contributed by atoms with E-state index in [0.717, 1.165) is 25.7 Å². The fourth-order valence-electron chi connectivity index (χ4n) is 2.84. The summed E-state index contributed by atoms with van der Waals surface area (Å²) in [5, 5.41) is 8.35. The molecule has 3 amide bonds. The normalized spacial score (nSPS) is 11.6. The number of unbranched alkanes of at least 4 members (excludes halogenated alkanes) is 3. The Bertz CT molecular complexity index is 649. The van der Waals surface area contributed by atoms with E-state index in [0.29, 0.717) is 56.6 Å². The van der Waals surface area contributed by atoms with Gasteiger partial charge in [0.15, 0.2) is 0 Å². The molecule has 0 spiro atoms. The Hall–Kier alpha value is -2.45. The van der Waals surface area contributed by atoms with Crippen molar-refractivity contribution in [1.29, 1.82) is 0 Å². The van der Waals surface area contributed by atoms with Crippen molar-refractivity contribution in [3.05, 3.63) is 29.8 Å². The Morgan fingerprint density at radius 2 is 1.63 bits per heavy atom. The van der Waals surface area contributed by atoms with Crippen molar-refractivity contribution < 1.29 is 14.4 Å². The molecular formula is C22H37N5O3. The number of amides is 3. The van der Waals surface area contributed by atoms with Gasteiger partial charge in [-0.2, -0.15) is 0 Å². The Morgan fingerprint density at radius 3 is 2.30 bits per heavy atom. The molecule has 30 heavy (non-hydrogen) atoms. The number of nitrogens with one attached hydrogen (secondary N) is 3. The fraction of sp³-hybridized carbons (Fsp3) is 0.591. The predicted molar refractivity (Wildman–Crippen MR) is 120 cm³/mol. The molecule has 0 saturated carbocycles. The number of urea groups is 1. The van der Waals surface area contributed by atoms with Gasteiger partial charge in [0.05, 0.1) is 6.04 Å². The van der Waals surface area contributed by atoms with Crippen LogP contribution in [0.15, 0.2) is 24.3 Å². The minimum Gasteiger partial charge on any atom is -0.352 e. The first-order chi connectivity index (χ1) is 14.5. The van der Waals surface area contributed by atoms with Crippen molar-refractivity contribution in [3.8, 4) is 0 Å². The van der Waals surface area contributed by atoms with Crippen molar-refractivity contribution in [2.75, 3.05) is 25.0 Å². The summed E-state index contributed by atoms with van der Waals surface area (Å²) in [5.41, 5.74) is 12.5. The van der Waals surface area contributed by atoms with Gasteiger partial charge in [-0.15, -0.1) is 0 Å². The smallest absolute Gasteiger partial charge is 0.319 e. The van der Waals surface area contributed by atoms with Gasteiger partial charge in [-0.05, 0) is 62.9 Å². The number of hydrogen-bond donors (Lipinski definition) is 5. The van der Waals surface area contributed by atoms with Crippen LogP contribution in [0.2, 0.25) is 0 Å². The van der Waals surface area contributed by atoms with E-state index in [9.17, 15) is 14.4 Å². The molecule has 0 radical (unpaired) electrons. The molecule has 0 aromatic heterocycles. The monoisotopic (exact) mass is 419 g/mol. The number of Topliss-reactive ketones (excluding diaryl/α,β-unsaturated/α-hetero) is 1. The quantitative estimate of drug-likeness (QED) is 0.278. The maximum atomic E-state index is 12.2. The summed E-state index contributed by atoms with van der Waals surface area (Å²) in [6.07, 6.45) is 6.22. The third-order valence-corrected chi connectivity index (χ3v) is 4.74. The first-order valence-electron chi connectivity index (χ1n) is 10.9. The van der Waals surface area contributed by atoms with E-state index in [1.807, 2.05) is 0 Å². The van der Waals surface area contributed by atoms with E-state index < -0.39 is 6.04 Å². The Labute approximate surface area is 179 Å². The zero-order chi connectivity index (χ0) is 22.2. The highest BCUT2D eigenvalue weighted by Gasteiger charge is 2.12. The van der Waals surface area contributed by atoms with Gasteiger partial charge in [0.2, 0.25) is 0 Å². The van der Waals surface area contributed by atoms with E-state index >= 15 is 0 Å². The van der Waals surface area contributed by atoms with Crippen LogP contribution in [0.3, 0.4) is 0 Å². The van der Waals surface area contributed by atoms with Crippen molar-refractivity contribution in [1.82, 2.24) is 10.6 Å². The van der Waals surface area contributed by atoms with Crippen LogP contribution in [0.4, 0.5) is 10.5 Å². The molecule has 1 aromatic rings. The third-order valence-electron chi connectivity index (χ3n) is 4.74. The lowest BCUT2D eigenvalue weighted by molar-refractivity contribution is -0.120. The molecule has 0 aliphatic heterocycles. The van der Waals surface area contributed by atoms with Crippen LogP contribution < -0.4 is 27.4 Å². The molecule has 168 valence electrons. The maximum absolute atomic E-state index is 12.2. The second-order valence-corrected chi connectivity index (χ2v) is 7.38. The van der Waals surface area contributed by atoms with Crippen LogP contribution in [0, 0.1) is 0 Å².